The Labute approximate surface area is 130 Å². The smallest absolute Gasteiger partial charge is 0.229 e. The number of halogens is 1. The summed E-state index contributed by atoms with van der Waals surface area (Å²) in [6, 6.07) is 0.538. The first-order chi connectivity index (χ1) is 9.91. The third-order valence-electron chi connectivity index (χ3n) is 4.99. The molecule has 116 valence electrons. The molecule has 21 heavy (non-hydrogen) atoms. The van der Waals surface area contributed by atoms with Gasteiger partial charge in [-0.3, -0.25) is 9.48 Å². The van der Waals surface area contributed by atoms with E-state index in [4.69, 9.17) is 17.3 Å². The van der Waals surface area contributed by atoms with E-state index in [1.807, 2.05) is 13.8 Å². The van der Waals surface area contributed by atoms with Crippen molar-refractivity contribution in [2.24, 2.45) is 17.1 Å². The molecule has 0 bridgehead atoms. The fourth-order valence-electron chi connectivity index (χ4n) is 3.41. The fraction of sp³-hybridized carbons (Fsp3) is 0.733. The Bertz CT molecular complexity index is 546. The number of nitrogens with two attached hydrogens (primary N) is 1. The first-order valence-electron chi connectivity index (χ1n) is 7.72. The molecule has 2 saturated carbocycles. The van der Waals surface area contributed by atoms with Crippen LogP contribution < -0.4 is 11.1 Å². The van der Waals surface area contributed by atoms with Gasteiger partial charge in [-0.25, -0.2) is 0 Å². The summed E-state index contributed by atoms with van der Waals surface area (Å²) < 4.78 is 1.76. The third-order valence-corrected chi connectivity index (χ3v) is 5.27. The van der Waals surface area contributed by atoms with Crippen molar-refractivity contribution < 1.29 is 4.79 Å². The van der Waals surface area contributed by atoms with Crippen LogP contribution >= 0.6 is 11.6 Å². The molecule has 0 radical (unpaired) electrons. The molecule has 2 aliphatic rings. The Morgan fingerprint density at radius 3 is 2.76 bits per heavy atom. The van der Waals surface area contributed by atoms with Crippen molar-refractivity contribution in [3.05, 3.63) is 11.2 Å². The van der Waals surface area contributed by atoms with Crippen molar-refractivity contribution in [1.82, 2.24) is 9.78 Å². The van der Waals surface area contributed by atoms with Gasteiger partial charge in [-0.1, -0.05) is 11.6 Å². The van der Waals surface area contributed by atoms with Crippen LogP contribution in [0.2, 0.25) is 5.02 Å². The summed E-state index contributed by atoms with van der Waals surface area (Å²) in [5.74, 6) is 0.636. The molecule has 2 fully saturated rings. The largest absolute Gasteiger partial charge is 0.328 e. The topological polar surface area (TPSA) is 72.9 Å². The molecule has 1 unspecified atom stereocenters. The Hall–Kier alpha value is -1.07. The van der Waals surface area contributed by atoms with Crippen molar-refractivity contribution in [3.63, 3.8) is 0 Å². The van der Waals surface area contributed by atoms with Crippen LogP contribution in [-0.4, -0.2) is 21.7 Å². The second-order valence-corrected chi connectivity index (χ2v) is 7.25. The van der Waals surface area contributed by atoms with E-state index in [9.17, 15) is 4.79 Å². The summed E-state index contributed by atoms with van der Waals surface area (Å²) in [6.45, 7) is 4.05. The third kappa shape index (κ3) is 2.81. The molecule has 1 aromatic rings. The molecule has 6 heteroatoms. The van der Waals surface area contributed by atoms with Crippen molar-refractivity contribution in [3.8, 4) is 0 Å². The van der Waals surface area contributed by atoms with E-state index in [0.29, 0.717) is 16.9 Å². The molecule has 1 atom stereocenters. The zero-order valence-electron chi connectivity index (χ0n) is 12.6. The van der Waals surface area contributed by atoms with Crippen LogP contribution in [0, 0.1) is 11.3 Å². The summed E-state index contributed by atoms with van der Waals surface area (Å²) in [5, 5.41) is 7.73. The zero-order valence-corrected chi connectivity index (χ0v) is 13.4. The average molecular weight is 311 g/mol. The molecule has 5 nitrogen and oxygen atoms in total. The van der Waals surface area contributed by atoms with E-state index < -0.39 is 0 Å². The normalized spacial score (nSPS) is 31.7. The van der Waals surface area contributed by atoms with Gasteiger partial charge in [-0.05, 0) is 51.4 Å². The minimum absolute atomic E-state index is 0.0568. The van der Waals surface area contributed by atoms with Crippen LogP contribution in [0.5, 0.6) is 0 Å². The van der Waals surface area contributed by atoms with Gasteiger partial charge in [0.15, 0.2) is 5.82 Å². The van der Waals surface area contributed by atoms with E-state index >= 15 is 0 Å². The van der Waals surface area contributed by atoms with Gasteiger partial charge in [0.1, 0.15) is 5.02 Å². The first kappa shape index (κ1) is 14.9. The zero-order chi connectivity index (χ0) is 15.2. The number of rotatable bonds is 3. The highest BCUT2D eigenvalue weighted by atomic mass is 35.5. The summed E-state index contributed by atoms with van der Waals surface area (Å²) in [4.78, 5) is 12.4. The monoisotopic (exact) mass is 310 g/mol. The molecule has 2 aliphatic carbocycles. The number of nitrogens with one attached hydrogen (secondary N) is 1. The Kier molecular flexibility index (Phi) is 3.74. The standard InChI is InChI=1S/C15H23ClN4O/c1-9(2)20-8-12(16)13(19-20)18-14(21)11-7-15(11)5-3-10(17)4-6-15/h8-11H,3-7,17H2,1-2H3,(H,18,19,21). The molecule has 3 rings (SSSR count). The summed E-state index contributed by atoms with van der Waals surface area (Å²) in [7, 11) is 0. The fourth-order valence-corrected chi connectivity index (χ4v) is 3.59. The minimum Gasteiger partial charge on any atom is -0.328 e. The maximum Gasteiger partial charge on any atom is 0.229 e. The Morgan fingerprint density at radius 1 is 1.52 bits per heavy atom. The molecule has 1 aromatic heterocycles. The molecule has 0 aliphatic heterocycles. The lowest BCUT2D eigenvalue weighted by atomic mass is 9.82. The summed E-state index contributed by atoms with van der Waals surface area (Å²) >= 11 is 6.14. The van der Waals surface area contributed by atoms with Crippen LogP contribution in [0.4, 0.5) is 5.82 Å². The van der Waals surface area contributed by atoms with Crippen LogP contribution in [-0.2, 0) is 4.79 Å². The highest BCUT2D eigenvalue weighted by Gasteiger charge is 2.58. The predicted octanol–water partition coefficient (Wildman–Crippen LogP) is 2.96. The second kappa shape index (κ2) is 5.29. The lowest BCUT2D eigenvalue weighted by Crippen LogP contribution is -2.29. The van der Waals surface area contributed by atoms with Gasteiger partial charge < -0.3 is 11.1 Å². The quantitative estimate of drug-likeness (QED) is 0.901. The van der Waals surface area contributed by atoms with Gasteiger partial charge in [-0.2, -0.15) is 5.10 Å². The Morgan fingerprint density at radius 2 is 2.19 bits per heavy atom. The predicted molar refractivity (Wildman–Crippen MR) is 83.2 cm³/mol. The van der Waals surface area contributed by atoms with Gasteiger partial charge >= 0.3 is 0 Å². The number of aromatic nitrogens is 2. The minimum atomic E-state index is 0.0568. The number of carbonyl (C=O) groups is 1. The van der Waals surface area contributed by atoms with Gasteiger partial charge in [0.2, 0.25) is 5.91 Å². The number of anilines is 1. The lowest BCUT2D eigenvalue weighted by molar-refractivity contribution is -0.118. The van der Waals surface area contributed by atoms with E-state index in [1.54, 1.807) is 10.9 Å². The van der Waals surface area contributed by atoms with E-state index in [2.05, 4.69) is 10.4 Å². The molecular weight excluding hydrogens is 288 g/mol. The molecule has 1 heterocycles. The van der Waals surface area contributed by atoms with Gasteiger partial charge in [0.25, 0.3) is 0 Å². The summed E-state index contributed by atoms with van der Waals surface area (Å²) in [6.07, 6.45) is 6.94. The second-order valence-electron chi connectivity index (χ2n) is 6.85. The van der Waals surface area contributed by atoms with Crippen molar-refractivity contribution in [2.45, 2.75) is 58.0 Å². The summed E-state index contributed by atoms with van der Waals surface area (Å²) in [5.41, 5.74) is 6.15. The number of nitrogens with zero attached hydrogens (tertiary/aromatic N) is 2. The number of amides is 1. The highest BCUT2D eigenvalue weighted by Crippen LogP contribution is 2.61. The van der Waals surface area contributed by atoms with Crippen LogP contribution in [0.1, 0.15) is 52.0 Å². The molecule has 0 aromatic carbocycles. The first-order valence-corrected chi connectivity index (χ1v) is 8.10. The van der Waals surface area contributed by atoms with E-state index in [0.717, 1.165) is 32.1 Å². The van der Waals surface area contributed by atoms with Crippen molar-refractivity contribution in [1.29, 1.82) is 0 Å². The Balaban J connectivity index is 1.63. The van der Waals surface area contributed by atoms with Crippen molar-refractivity contribution in [2.75, 3.05) is 5.32 Å². The van der Waals surface area contributed by atoms with E-state index in [1.165, 1.54) is 0 Å². The maximum absolute atomic E-state index is 12.4. The molecule has 1 amide bonds. The SMILES string of the molecule is CC(C)n1cc(Cl)c(NC(=O)C2CC23CCC(N)CC3)n1. The molecular formula is C15H23ClN4O. The van der Waals surface area contributed by atoms with Crippen LogP contribution in [0.15, 0.2) is 6.20 Å². The van der Waals surface area contributed by atoms with Gasteiger partial charge in [0, 0.05) is 24.2 Å². The van der Waals surface area contributed by atoms with Crippen LogP contribution in [0.3, 0.4) is 0 Å². The number of hydrogen-bond acceptors (Lipinski definition) is 3. The van der Waals surface area contributed by atoms with Gasteiger partial charge in [-0.15, -0.1) is 0 Å². The average Bonchev–Trinajstić information content (AvgIpc) is 3.02. The lowest BCUT2D eigenvalue weighted by Gasteiger charge is -2.26. The maximum atomic E-state index is 12.4. The molecule has 0 saturated heterocycles. The number of hydrogen-bond donors (Lipinski definition) is 2. The van der Waals surface area contributed by atoms with Crippen LogP contribution in [0.25, 0.3) is 0 Å². The number of carbonyl (C=O) groups excluding carboxylic acids is 1. The molecule has 1 spiro atoms. The van der Waals surface area contributed by atoms with Crippen molar-refractivity contribution >= 4 is 23.3 Å². The van der Waals surface area contributed by atoms with Gasteiger partial charge in [0.05, 0.1) is 0 Å². The van der Waals surface area contributed by atoms with E-state index in [-0.39, 0.29) is 23.3 Å². The molecule has 3 N–H and O–H groups in total. The highest BCUT2D eigenvalue weighted by molar-refractivity contribution is 6.33.